The van der Waals surface area contributed by atoms with Crippen molar-refractivity contribution in [2.45, 2.75) is 32.3 Å². The molecule has 1 heterocycles. The minimum absolute atomic E-state index is 0.385. The molecule has 1 N–H and O–H groups in total. The van der Waals surface area contributed by atoms with E-state index in [9.17, 15) is 5.11 Å². The predicted molar refractivity (Wildman–Crippen MR) is 79.8 cm³/mol. The van der Waals surface area contributed by atoms with Gasteiger partial charge in [-0.3, -0.25) is 4.90 Å². The molecular formula is C17H25NO2. The molecule has 20 heavy (non-hydrogen) atoms. The van der Waals surface area contributed by atoms with Gasteiger partial charge in [-0.1, -0.05) is 18.6 Å². The Hall–Kier alpha value is -1.06. The monoisotopic (exact) mass is 275 g/mol. The van der Waals surface area contributed by atoms with Crippen molar-refractivity contribution >= 4 is 0 Å². The first-order valence-corrected chi connectivity index (χ1v) is 7.89. The summed E-state index contributed by atoms with van der Waals surface area (Å²) in [4.78, 5) is 2.44. The highest BCUT2D eigenvalue weighted by Gasteiger charge is 2.36. The molecule has 3 unspecified atom stereocenters. The van der Waals surface area contributed by atoms with Gasteiger partial charge in [-0.05, 0) is 49.3 Å². The SMILES string of the molecule is CCOc1ccc(C(O)CN2CC3CCCC3C2)cc1. The van der Waals surface area contributed by atoms with Crippen molar-refractivity contribution in [1.29, 1.82) is 0 Å². The maximum absolute atomic E-state index is 10.4. The van der Waals surface area contributed by atoms with Gasteiger partial charge < -0.3 is 9.84 Å². The first-order chi connectivity index (χ1) is 9.76. The van der Waals surface area contributed by atoms with E-state index in [1.807, 2.05) is 31.2 Å². The first kappa shape index (κ1) is 13.9. The Kier molecular flexibility index (Phi) is 4.27. The highest BCUT2D eigenvalue weighted by Crippen LogP contribution is 2.38. The number of fused-ring (bicyclic) bond motifs is 1. The number of rotatable bonds is 5. The lowest BCUT2D eigenvalue weighted by Crippen LogP contribution is -2.27. The molecule has 2 fully saturated rings. The normalized spacial score (nSPS) is 27.5. The van der Waals surface area contributed by atoms with Gasteiger partial charge in [0.25, 0.3) is 0 Å². The van der Waals surface area contributed by atoms with Crippen molar-refractivity contribution in [2.24, 2.45) is 11.8 Å². The van der Waals surface area contributed by atoms with Crippen LogP contribution in [0.15, 0.2) is 24.3 Å². The summed E-state index contributed by atoms with van der Waals surface area (Å²) in [5.41, 5.74) is 0.991. The first-order valence-electron chi connectivity index (χ1n) is 7.89. The maximum atomic E-state index is 10.4. The topological polar surface area (TPSA) is 32.7 Å². The molecule has 0 radical (unpaired) electrons. The molecule has 1 saturated heterocycles. The van der Waals surface area contributed by atoms with E-state index in [0.717, 1.165) is 29.7 Å². The fraction of sp³-hybridized carbons (Fsp3) is 0.647. The van der Waals surface area contributed by atoms with E-state index >= 15 is 0 Å². The summed E-state index contributed by atoms with van der Waals surface area (Å²) >= 11 is 0. The van der Waals surface area contributed by atoms with E-state index in [-0.39, 0.29) is 6.10 Å². The summed E-state index contributed by atoms with van der Waals surface area (Å²) in [6.45, 7) is 5.78. The van der Waals surface area contributed by atoms with Crippen LogP contribution in [-0.2, 0) is 0 Å². The Morgan fingerprint density at radius 1 is 1.20 bits per heavy atom. The molecular weight excluding hydrogens is 250 g/mol. The number of nitrogens with zero attached hydrogens (tertiary/aromatic N) is 1. The highest BCUT2D eigenvalue weighted by atomic mass is 16.5. The van der Waals surface area contributed by atoms with Crippen molar-refractivity contribution in [1.82, 2.24) is 4.90 Å². The van der Waals surface area contributed by atoms with E-state index in [4.69, 9.17) is 4.74 Å². The van der Waals surface area contributed by atoms with Crippen LogP contribution < -0.4 is 4.74 Å². The molecule has 110 valence electrons. The number of aliphatic hydroxyl groups is 1. The van der Waals surface area contributed by atoms with Crippen LogP contribution in [0.3, 0.4) is 0 Å². The molecule has 3 rings (SSSR count). The lowest BCUT2D eigenvalue weighted by Gasteiger charge is -2.21. The number of aliphatic hydroxyl groups excluding tert-OH is 1. The number of β-amino-alcohol motifs (C(OH)–C–C–N with tert-alkyl or cyclic N) is 1. The summed E-state index contributed by atoms with van der Waals surface area (Å²) in [5, 5.41) is 10.4. The fourth-order valence-electron chi connectivity index (χ4n) is 3.78. The van der Waals surface area contributed by atoms with Gasteiger partial charge in [-0.2, -0.15) is 0 Å². The maximum Gasteiger partial charge on any atom is 0.119 e. The third-order valence-electron chi connectivity index (χ3n) is 4.81. The van der Waals surface area contributed by atoms with Crippen molar-refractivity contribution in [3.8, 4) is 5.75 Å². The minimum atomic E-state index is -0.385. The van der Waals surface area contributed by atoms with Crippen molar-refractivity contribution in [3.05, 3.63) is 29.8 Å². The Labute approximate surface area is 121 Å². The summed E-state index contributed by atoms with van der Waals surface area (Å²) < 4.78 is 5.43. The second-order valence-electron chi connectivity index (χ2n) is 6.19. The Morgan fingerprint density at radius 2 is 1.85 bits per heavy atom. The molecule has 1 aliphatic carbocycles. The van der Waals surface area contributed by atoms with Crippen LogP contribution in [0.1, 0.15) is 37.9 Å². The van der Waals surface area contributed by atoms with Crippen LogP contribution in [0.2, 0.25) is 0 Å². The zero-order valence-electron chi connectivity index (χ0n) is 12.3. The number of ether oxygens (including phenoxy) is 1. The zero-order valence-corrected chi connectivity index (χ0v) is 12.3. The zero-order chi connectivity index (χ0) is 13.9. The van der Waals surface area contributed by atoms with Crippen molar-refractivity contribution in [2.75, 3.05) is 26.2 Å². The van der Waals surface area contributed by atoms with Crippen LogP contribution in [0.25, 0.3) is 0 Å². The van der Waals surface area contributed by atoms with Crippen LogP contribution in [-0.4, -0.2) is 36.2 Å². The van der Waals surface area contributed by atoms with Crippen molar-refractivity contribution in [3.63, 3.8) is 0 Å². The van der Waals surface area contributed by atoms with Crippen LogP contribution in [0.4, 0.5) is 0 Å². The summed E-state index contributed by atoms with van der Waals surface area (Å²) in [6, 6.07) is 7.85. The van der Waals surface area contributed by atoms with Gasteiger partial charge in [0, 0.05) is 19.6 Å². The van der Waals surface area contributed by atoms with E-state index in [0.29, 0.717) is 6.61 Å². The van der Waals surface area contributed by atoms with Gasteiger partial charge in [-0.25, -0.2) is 0 Å². The molecule has 1 aliphatic heterocycles. The average molecular weight is 275 g/mol. The van der Waals surface area contributed by atoms with Crippen LogP contribution >= 0.6 is 0 Å². The van der Waals surface area contributed by atoms with E-state index in [2.05, 4.69) is 4.90 Å². The lowest BCUT2D eigenvalue weighted by atomic mass is 10.0. The Morgan fingerprint density at radius 3 is 2.45 bits per heavy atom. The highest BCUT2D eigenvalue weighted by molar-refractivity contribution is 5.28. The van der Waals surface area contributed by atoms with E-state index < -0.39 is 0 Å². The molecule has 3 nitrogen and oxygen atoms in total. The van der Waals surface area contributed by atoms with Gasteiger partial charge in [0.05, 0.1) is 12.7 Å². The molecule has 1 saturated carbocycles. The third kappa shape index (κ3) is 2.99. The molecule has 1 aromatic rings. The van der Waals surface area contributed by atoms with Crippen LogP contribution in [0, 0.1) is 11.8 Å². The predicted octanol–water partition coefficient (Wildman–Crippen LogP) is 2.85. The number of benzene rings is 1. The lowest BCUT2D eigenvalue weighted by molar-refractivity contribution is 0.122. The van der Waals surface area contributed by atoms with Crippen molar-refractivity contribution < 1.29 is 9.84 Å². The largest absolute Gasteiger partial charge is 0.494 e. The van der Waals surface area contributed by atoms with Gasteiger partial charge >= 0.3 is 0 Å². The third-order valence-corrected chi connectivity index (χ3v) is 4.81. The van der Waals surface area contributed by atoms with Gasteiger partial charge in [0.2, 0.25) is 0 Å². The Balaban J connectivity index is 1.55. The molecule has 0 amide bonds. The molecule has 0 aromatic heterocycles. The molecule has 3 heteroatoms. The molecule has 3 atom stereocenters. The quantitative estimate of drug-likeness (QED) is 0.897. The average Bonchev–Trinajstić information content (AvgIpc) is 3.01. The molecule has 2 aliphatic rings. The van der Waals surface area contributed by atoms with Gasteiger partial charge in [0.15, 0.2) is 0 Å². The second kappa shape index (κ2) is 6.15. The van der Waals surface area contributed by atoms with Crippen LogP contribution in [0.5, 0.6) is 5.75 Å². The van der Waals surface area contributed by atoms with E-state index in [1.54, 1.807) is 0 Å². The minimum Gasteiger partial charge on any atom is -0.494 e. The van der Waals surface area contributed by atoms with Gasteiger partial charge in [-0.15, -0.1) is 0 Å². The molecule has 0 bridgehead atoms. The standard InChI is InChI=1S/C17H25NO2/c1-2-20-16-8-6-13(7-9-16)17(19)12-18-10-14-4-3-5-15(14)11-18/h6-9,14-15,17,19H,2-5,10-12H2,1H3. The number of hydrogen-bond acceptors (Lipinski definition) is 3. The molecule has 1 aromatic carbocycles. The number of hydrogen-bond donors (Lipinski definition) is 1. The Bertz CT molecular complexity index is 419. The summed E-state index contributed by atoms with van der Waals surface area (Å²) in [6.07, 6.45) is 3.80. The van der Waals surface area contributed by atoms with Gasteiger partial charge in [0.1, 0.15) is 5.75 Å². The fourth-order valence-corrected chi connectivity index (χ4v) is 3.78. The second-order valence-corrected chi connectivity index (χ2v) is 6.19. The summed E-state index contributed by atoms with van der Waals surface area (Å²) in [7, 11) is 0. The van der Waals surface area contributed by atoms with E-state index in [1.165, 1.54) is 32.4 Å². The smallest absolute Gasteiger partial charge is 0.119 e. The molecule has 0 spiro atoms. The number of likely N-dealkylation sites (tertiary alicyclic amines) is 1. The summed E-state index contributed by atoms with van der Waals surface area (Å²) in [5.74, 6) is 2.66.